The van der Waals surface area contributed by atoms with Gasteiger partial charge in [-0.25, -0.2) is 4.79 Å². The molecule has 0 spiro atoms. The summed E-state index contributed by atoms with van der Waals surface area (Å²) < 4.78 is 4.34. The van der Waals surface area contributed by atoms with E-state index in [1.54, 1.807) is 24.3 Å². The minimum Gasteiger partial charge on any atom is -0.465 e. The molecule has 0 saturated heterocycles. The van der Waals surface area contributed by atoms with Crippen LogP contribution < -0.4 is 4.48 Å². The van der Waals surface area contributed by atoms with Gasteiger partial charge in [0.05, 0.1) is 12.7 Å². The first-order valence-corrected chi connectivity index (χ1v) is 6.29. The minimum absolute atomic E-state index is 0.292. The van der Waals surface area contributed by atoms with E-state index in [0.29, 0.717) is 16.8 Å². The zero-order chi connectivity index (χ0) is 15.1. The molecule has 2 rings (SSSR count). The average Bonchev–Trinajstić information content (AvgIpc) is 2.74. The summed E-state index contributed by atoms with van der Waals surface area (Å²) in [6.45, 7) is 5.48. The molecule has 0 saturated carbocycles. The zero-order valence-electron chi connectivity index (χ0n) is 12.0. The van der Waals surface area contributed by atoms with E-state index >= 15 is 0 Å². The van der Waals surface area contributed by atoms with Gasteiger partial charge < -0.3 is 9.84 Å². The highest BCUT2D eigenvalue weighted by atomic mass is 16.5. The summed E-state index contributed by atoms with van der Waals surface area (Å²) in [5.74, 6) is -0.525. The Kier molecular flexibility index (Phi) is 3.18. The van der Waals surface area contributed by atoms with Gasteiger partial charge in [-0.1, -0.05) is 12.1 Å². The van der Waals surface area contributed by atoms with Crippen molar-refractivity contribution in [2.24, 2.45) is 0 Å². The van der Waals surface area contributed by atoms with Crippen molar-refractivity contribution < 1.29 is 19.4 Å². The molecule has 1 N–H and O–H groups in total. The van der Waals surface area contributed by atoms with Crippen LogP contribution in [0.15, 0.2) is 30.5 Å². The molecule has 1 amide bonds. The number of nitrogens with zero attached hydrogens (tertiary/aromatic N) is 1. The predicted molar refractivity (Wildman–Crippen MR) is 76.0 cm³/mol. The van der Waals surface area contributed by atoms with Crippen LogP contribution in [0.1, 0.15) is 26.3 Å². The number of esters is 1. The summed E-state index contributed by atoms with van der Waals surface area (Å²) >= 11 is 0. The minimum atomic E-state index is -1.02. The Bertz CT molecular complexity index is 613. The molecule has 1 aromatic rings. The number of hydrogen-bond acceptors (Lipinski definition) is 3. The van der Waals surface area contributed by atoms with Crippen molar-refractivity contribution in [1.29, 1.82) is 0 Å². The number of quaternary nitrogens is 1. The second-order valence-corrected chi connectivity index (χ2v) is 5.73. The maximum Gasteiger partial charge on any atom is 0.523 e. The molecule has 1 aliphatic rings. The number of benzene rings is 1. The third-order valence-corrected chi connectivity index (χ3v) is 3.66. The molecular formula is C15H18NO4+. The molecular weight excluding hydrogens is 258 g/mol. The lowest BCUT2D eigenvalue weighted by Crippen LogP contribution is -2.60. The van der Waals surface area contributed by atoms with E-state index < -0.39 is 22.1 Å². The number of para-hydroxylation sites is 1. The number of ether oxygens (including phenoxy) is 1. The Hall–Kier alpha value is -2.14. The van der Waals surface area contributed by atoms with E-state index in [1.165, 1.54) is 13.3 Å². The molecule has 20 heavy (non-hydrogen) atoms. The summed E-state index contributed by atoms with van der Waals surface area (Å²) in [6, 6.07) is 7.03. The molecule has 0 bridgehead atoms. The topological polar surface area (TPSA) is 63.6 Å². The summed E-state index contributed by atoms with van der Waals surface area (Å²) in [4.78, 5) is 23.9. The molecule has 0 radical (unpaired) electrons. The highest BCUT2D eigenvalue weighted by Gasteiger charge is 2.55. The van der Waals surface area contributed by atoms with Crippen LogP contribution in [0.25, 0.3) is 5.57 Å². The van der Waals surface area contributed by atoms with Crippen molar-refractivity contribution in [3.05, 3.63) is 36.0 Å². The third kappa shape index (κ3) is 1.74. The molecule has 106 valence electrons. The van der Waals surface area contributed by atoms with Gasteiger partial charge in [0.15, 0.2) is 5.69 Å². The van der Waals surface area contributed by atoms with Crippen molar-refractivity contribution in [1.82, 2.24) is 4.48 Å². The maximum absolute atomic E-state index is 12.0. The van der Waals surface area contributed by atoms with Gasteiger partial charge in [-0.05, 0) is 26.8 Å². The first-order valence-electron chi connectivity index (χ1n) is 6.29. The summed E-state index contributed by atoms with van der Waals surface area (Å²) in [5.41, 5.74) is 0.836. The van der Waals surface area contributed by atoms with Crippen LogP contribution >= 0.6 is 0 Å². The van der Waals surface area contributed by atoms with Crippen LogP contribution in [-0.4, -0.2) is 29.8 Å². The normalized spacial score (nSPS) is 21.1. The van der Waals surface area contributed by atoms with Crippen LogP contribution in [0, 0.1) is 0 Å². The van der Waals surface area contributed by atoms with Crippen molar-refractivity contribution in [2.75, 3.05) is 7.11 Å². The maximum atomic E-state index is 12.0. The summed E-state index contributed by atoms with van der Waals surface area (Å²) in [5, 5.41) is 9.79. The van der Waals surface area contributed by atoms with Gasteiger partial charge in [0.25, 0.3) is 0 Å². The zero-order valence-corrected chi connectivity index (χ0v) is 12.0. The van der Waals surface area contributed by atoms with Crippen LogP contribution in [0.2, 0.25) is 0 Å². The molecule has 1 aromatic carbocycles. The Morgan fingerprint density at radius 1 is 1.20 bits per heavy atom. The van der Waals surface area contributed by atoms with E-state index in [-0.39, 0.29) is 0 Å². The molecule has 0 aliphatic carbocycles. The number of carbonyl (C=O) groups excluding carboxylic acids is 1. The number of methoxy groups -OCH3 is 1. The lowest BCUT2D eigenvalue weighted by molar-refractivity contribution is -0.133. The highest BCUT2D eigenvalue weighted by molar-refractivity contribution is 6.21. The molecule has 1 aliphatic heterocycles. The smallest absolute Gasteiger partial charge is 0.465 e. The van der Waals surface area contributed by atoms with Crippen LogP contribution in [-0.2, 0) is 9.53 Å². The predicted octanol–water partition coefficient (Wildman–Crippen LogP) is 3.00. The molecule has 1 unspecified atom stereocenters. The fourth-order valence-electron chi connectivity index (χ4n) is 2.61. The second kappa shape index (κ2) is 4.45. The van der Waals surface area contributed by atoms with E-state index in [1.807, 2.05) is 20.8 Å². The molecule has 5 heteroatoms. The Morgan fingerprint density at radius 2 is 1.80 bits per heavy atom. The number of fused-ring (bicyclic) bond motifs is 1. The van der Waals surface area contributed by atoms with Crippen molar-refractivity contribution >= 4 is 23.3 Å². The van der Waals surface area contributed by atoms with E-state index in [2.05, 4.69) is 0 Å². The molecule has 1 heterocycles. The van der Waals surface area contributed by atoms with Crippen molar-refractivity contribution in [2.45, 2.75) is 26.3 Å². The number of carboxylic acid groups (broad SMARTS) is 1. The summed E-state index contributed by atoms with van der Waals surface area (Å²) in [7, 11) is 1.29. The number of hydrogen-bond donors (Lipinski definition) is 1. The van der Waals surface area contributed by atoms with Gasteiger partial charge in [-0.3, -0.25) is 0 Å². The van der Waals surface area contributed by atoms with E-state index in [9.17, 15) is 14.7 Å². The quantitative estimate of drug-likeness (QED) is 0.632. The number of carbonyl (C=O) groups is 2. The Morgan fingerprint density at radius 3 is 2.30 bits per heavy atom. The van der Waals surface area contributed by atoms with Gasteiger partial charge in [0.1, 0.15) is 17.3 Å². The molecule has 5 nitrogen and oxygen atoms in total. The average molecular weight is 276 g/mol. The SMILES string of the molecule is COC(=O)C1=C[N+](C(=O)O)(C(C)(C)C)c2ccccc21. The monoisotopic (exact) mass is 276 g/mol. The molecule has 0 fully saturated rings. The van der Waals surface area contributed by atoms with Gasteiger partial charge >= 0.3 is 12.1 Å². The van der Waals surface area contributed by atoms with Crippen LogP contribution in [0.3, 0.4) is 0 Å². The van der Waals surface area contributed by atoms with Crippen LogP contribution in [0.5, 0.6) is 0 Å². The van der Waals surface area contributed by atoms with E-state index in [0.717, 1.165) is 0 Å². The Balaban J connectivity index is 2.81. The molecule has 1 atom stereocenters. The second-order valence-electron chi connectivity index (χ2n) is 5.73. The summed E-state index contributed by atoms with van der Waals surface area (Å²) in [6.07, 6.45) is 0.447. The standard InChI is InChI=1S/C15H17NO4/c1-15(2,3)16(14(18)19)9-11(13(17)20-4)10-7-5-6-8-12(10)16/h5-9H,1-4H3/p+1. The fraction of sp³-hybridized carbons (Fsp3) is 0.333. The van der Waals surface area contributed by atoms with Crippen molar-refractivity contribution in [3.63, 3.8) is 0 Å². The number of rotatable bonds is 1. The molecule has 0 aromatic heterocycles. The van der Waals surface area contributed by atoms with Gasteiger partial charge in [0.2, 0.25) is 0 Å². The Labute approximate surface area is 117 Å². The third-order valence-electron chi connectivity index (χ3n) is 3.66. The lowest BCUT2D eigenvalue weighted by atomic mass is 10.0. The lowest BCUT2D eigenvalue weighted by Gasteiger charge is -2.38. The first kappa shape index (κ1) is 14.3. The number of amides is 1. The van der Waals surface area contributed by atoms with E-state index in [4.69, 9.17) is 4.74 Å². The van der Waals surface area contributed by atoms with Gasteiger partial charge in [-0.15, -0.1) is 0 Å². The highest BCUT2D eigenvalue weighted by Crippen LogP contribution is 2.46. The van der Waals surface area contributed by atoms with Gasteiger partial charge in [0, 0.05) is 6.07 Å². The van der Waals surface area contributed by atoms with Gasteiger partial charge in [-0.2, -0.15) is 9.28 Å². The largest absolute Gasteiger partial charge is 0.523 e. The first-order chi connectivity index (χ1) is 9.25. The van der Waals surface area contributed by atoms with Crippen molar-refractivity contribution in [3.8, 4) is 0 Å². The van der Waals surface area contributed by atoms with Crippen LogP contribution in [0.4, 0.5) is 10.5 Å². The fourth-order valence-corrected chi connectivity index (χ4v) is 2.61.